The second kappa shape index (κ2) is 4.58. The van der Waals surface area contributed by atoms with Gasteiger partial charge in [0, 0.05) is 18.9 Å². The van der Waals surface area contributed by atoms with E-state index in [1.165, 1.54) is 0 Å². The largest absolute Gasteiger partial charge is 0.345 e. The van der Waals surface area contributed by atoms with Gasteiger partial charge in [0.1, 0.15) is 5.54 Å². The van der Waals surface area contributed by atoms with Crippen molar-refractivity contribution in [3.8, 4) is 0 Å². The van der Waals surface area contributed by atoms with Crippen molar-refractivity contribution in [3.63, 3.8) is 0 Å². The summed E-state index contributed by atoms with van der Waals surface area (Å²) < 4.78 is 0. The average molecular weight is 273 g/mol. The Labute approximate surface area is 118 Å². The lowest BCUT2D eigenvalue weighted by molar-refractivity contribution is -0.155. The number of carbonyl (C=O) groups excluding carboxylic acids is 2. The molecule has 1 N–H and O–H groups in total. The van der Waals surface area contributed by atoms with Gasteiger partial charge in [0.2, 0.25) is 11.8 Å². The van der Waals surface area contributed by atoms with Gasteiger partial charge < -0.3 is 10.2 Å². The lowest BCUT2D eigenvalue weighted by Gasteiger charge is -2.44. The first-order chi connectivity index (χ1) is 9.51. The van der Waals surface area contributed by atoms with Crippen LogP contribution < -0.4 is 5.32 Å². The fraction of sp³-hybridized carbons (Fsp3) is 0.533. The summed E-state index contributed by atoms with van der Waals surface area (Å²) in [7, 11) is 0. The lowest BCUT2D eigenvalue weighted by Crippen LogP contribution is -2.66. The molecule has 1 saturated heterocycles. The molecule has 5 heteroatoms. The van der Waals surface area contributed by atoms with Crippen molar-refractivity contribution in [1.82, 2.24) is 15.2 Å². The van der Waals surface area contributed by atoms with Crippen molar-refractivity contribution in [1.29, 1.82) is 0 Å². The van der Waals surface area contributed by atoms with Gasteiger partial charge in [-0.2, -0.15) is 0 Å². The van der Waals surface area contributed by atoms with E-state index in [1.54, 1.807) is 17.3 Å². The summed E-state index contributed by atoms with van der Waals surface area (Å²) in [6.45, 7) is 4.41. The number of hydrogen-bond acceptors (Lipinski definition) is 3. The van der Waals surface area contributed by atoms with Crippen molar-refractivity contribution >= 4 is 11.8 Å². The molecule has 1 atom stereocenters. The van der Waals surface area contributed by atoms with Crippen LogP contribution in [0.4, 0.5) is 0 Å². The Kier molecular flexibility index (Phi) is 3.00. The minimum atomic E-state index is -0.709. The third-order valence-corrected chi connectivity index (χ3v) is 4.37. The predicted molar refractivity (Wildman–Crippen MR) is 73.7 cm³/mol. The van der Waals surface area contributed by atoms with E-state index in [4.69, 9.17) is 0 Å². The molecular formula is C15H19N3O2. The first-order valence-electron chi connectivity index (χ1n) is 7.01. The number of pyridine rings is 1. The van der Waals surface area contributed by atoms with E-state index < -0.39 is 5.54 Å². The van der Waals surface area contributed by atoms with Crippen LogP contribution in [0.3, 0.4) is 0 Å². The highest BCUT2D eigenvalue weighted by Gasteiger charge is 2.54. The summed E-state index contributed by atoms with van der Waals surface area (Å²) in [6.07, 6.45) is 5.58. The second-order valence-corrected chi connectivity index (χ2v) is 5.95. The van der Waals surface area contributed by atoms with Crippen LogP contribution in [0.5, 0.6) is 0 Å². The average Bonchev–Trinajstić information content (AvgIpc) is 3.24. The molecule has 20 heavy (non-hydrogen) atoms. The fourth-order valence-corrected chi connectivity index (χ4v) is 3.00. The second-order valence-electron chi connectivity index (χ2n) is 5.95. The summed E-state index contributed by atoms with van der Waals surface area (Å²) >= 11 is 0. The zero-order valence-corrected chi connectivity index (χ0v) is 11.8. The van der Waals surface area contributed by atoms with Crippen molar-refractivity contribution < 1.29 is 9.59 Å². The summed E-state index contributed by atoms with van der Waals surface area (Å²) in [5.74, 6) is 0.241. The van der Waals surface area contributed by atoms with Gasteiger partial charge in [0.25, 0.3) is 0 Å². The van der Waals surface area contributed by atoms with Gasteiger partial charge >= 0.3 is 0 Å². The highest BCUT2D eigenvalue weighted by Crippen LogP contribution is 2.44. The number of aryl methyl sites for hydroxylation is 1. The number of nitrogens with one attached hydrogen (secondary N) is 1. The lowest BCUT2D eigenvalue weighted by atomic mass is 9.89. The zero-order chi connectivity index (χ0) is 14.3. The number of carbonyl (C=O) groups is 2. The van der Waals surface area contributed by atoms with E-state index in [-0.39, 0.29) is 24.3 Å². The van der Waals surface area contributed by atoms with Crippen molar-refractivity contribution in [3.05, 3.63) is 29.6 Å². The molecule has 1 aliphatic heterocycles. The van der Waals surface area contributed by atoms with Crippen molar-refractivity contribution in [2.75, 3.05) is 6.54 Å². The third-order valence-electron chi connectivity index (χ3n) is 4.37. The molecule has 3 rings (SSSR count). The fourth-order valence-electron chi connectivity index (χ4n) is 3.00. The first-order valence-corrected chi connectivity index (χ1v) is 7.01. The molecule has 0 bridgehead atoms. The topological polar surface area (TPSA) is 62.3 Å². The smallest absolute Gasteiger partial charge is 0.246 e. The van der Waals surface area contributed by atoms with Gasteiger partial charge in [-0.15, -0.1) is 0 Å². The minimum Gasteiger partial charge on any atom is -0.345 e. The van der Waals surface area contributed by atoms with Crippen LogP contribution >= 0.6 is 0 Å². The Bertz CT molecular complexity index is 568. The maximum absolute atomic E-state index is 12.3. The molecule has 0 spiro atoms. The van der Waals surface area contributed by atoms with Crippen LogP contribution in [0.15, 0.2) is 18.5 Å². The van der Waals surface area contributed by atoms with Gasteiger partial charge in [-0.1, -0.05) is 6.07 Å². The monoisotopic (exact) mass is 273 g/mol. The Balaban J connectivity index is 1.91. The quantitative estimate of drug-likeness (QED) is 0.894. The molecule has 1 aliphatic carbocycles. The molecule has 1 unspecified atom stereocenters. The Hall–Kier alpha value is -1.91. The van der Waals surface area contributed by atoms with Gasteiger partial charge in [-0.05, 0) is 43.7 Å². The van der Waals surface area contributed by atoms with Crippen LogP contribution in [0, 0.1) is 12.8 Å². The number of nitrogens with zero attached hydrogens (tertiary/aromatic N) is 2. The summed E-state index contributed by atoms with van der Waals surface area (Å²) in [6, 6.07) is 2.01. The molecule has 106 valence electrons. The van der Waals surface area contributed by atoms with Crippen LogP contribution in [-0.4, -0.2) is 33.8 Å². The van der Waals surface area contributed by atoms with Gasteiger partial charge in [0.05, 0.1) is 6.54 Å². The van der Waals surface area contributed by atoms with Crippen LogP contribution in [0.2, 0.25) is 0 Å². The summed E-state index contributed by atoms with van der Waals surface area (Å²) in [5.41, 5.74) is 1.32. The Morgan fingerprint density at radius 1 is 1.40 bits per heavy atom. The van der Waals surface area contributed by atoms with Gasteiger partial charge in [-0.25, -0.2) is 0 Å². The summed E-state index contributed by atoms with van der Waals surface area (Å²) in [4.78, 5) is 30.5. The van der Waals surface area contributed by atoms with Crippen LogP contribution in [-0.2, 0) is 16.1 Å². The maximum Gasteiger partial charge on any atom is 0.246 e. The SMILES string of the molecule is Cc1cncc(CN2C(=O)CNC(=O)C2(C)C2CC2)c1. The molecule has 2 fully saturated rings. The van der Waals surface area contributed by atoms with Gasteiger partial charge in [0.15, 0.2) is 0 Å². The standard InChI is InChI=1S/C15H19N3O2/c1-10-5-11(7-16-6-10)9-18-13(19)8-17-14(20)15(18,2)12-3-4-12/h5-7,12H,3-4,8-9H2,1-2H3,(H,17,20). The number of hydrogen-bond donors (Lipinski definition) is 1. The number of piperazine rings is 1. The molecule has 0 aromatic carbocycles. The Morgan fingerprint density at radius 2 is 2.15 bits per heavy atom. The van der Waals surface area contributed by atoms with E-state index in [0.717, 1.165) is 24.0 Å². The van der Waals surface area contributed by atoms with Crippen LogP contribution in [0.25, 0.3) is 0 Å². The van der Waals surface area contributed by atoms with Crippen molar-refractivity contribution in [2.45, 2.75) is 38.8 Å². The highest BCUT2D eigenvalue weighted by atomic mass is 16.2. The molecule has 1 saturated carbocycles. The Morgan fingerprint density at radius 3 is 2.80 bits per heavy atom. The molecule has 2 amide bonds. The number of rotatable bonds is 3. The normalized spacial score (nSPS) is 26.6. The maximum atomic E-state index is 12.3. The summed E-state index contributed by atoms with van der Waals surface area (Å²) in [5, 5.41) is 2.73. The first kappa shape index (κ1) is 13.1. The molecule has 2 aliphatic rings. The third kappa shape index (κ3) is 2.07. The van der Waals surface area contributed by atoms with Crippen molar-refractivity contribution in [2.24, 2.45) is 5.92 Å². The molecule has 1 aromatic heterocycles. The molecule has 2 heterocycles. The van der Waals surface area contributed by atoms with Gasteiger partial charge in [-0.3, -0.25) is 14.6 Å². The van der Waals surface area contributed by atoms with E-state index in [0.29, 0.717) is 6.54 Å². The predicted octanol–water partition coefficient (Wildman–Crippen LogP) is 1.02. The van der Waals surface area contributed by atoms with E-state index in [1.807, 2.05) is 19.9 Å². The number of aromatic nitrogens is 1. The highest BCUT2D eigenvalue weighted by molar-refractivity contribution is 5.98. The van der Waals surface area contributed by atoms with E-state index >= 15 is 0 Å². The van der Waals surface area contributed by atoms with E-state index in [9.17, 15) is 9.59 Å². The number of amides is 2. The molecule has 5 nitrogen and oxygen atoms in total. The van der Waals surface area contributed by atoms with Crippen LogP contribution in [0.1, 0.15) is 30.9 Å². The van der Waals surface area contributed by atoms with E-state index in [2.05, 4.69) is 10.3 Å². The molecular weight excluding hydrogens is 254 g/mol. The zero-order valence-electron chi connectivity index (χ0n) is 11.8. The molecule has 0 radical (unpaired) electrons. The minimum absolute atomic E-state index is 0.0134. The molecule has 1 aromatic rings.